The monoisotopic (exact) mass is 461 g/mol. The van der Waals surface area contributed by atoms with Crippen LogP contribution in [-0.2, 0) is 11.3 Å². The normalized spacial score (nSPS) is 16.8. The molecular formula is C29H27N5O. The summed E-state index contributed by atoms with van der Waals surface area (Å²) in [5.41, 5.74) is 6.92. The molecule has 0 unspecified atom stereocenters. The first kappa shape index (κ1) is 21.5. The standard InChI is InChI=1S/C29H27N5O/c1-20-31-29(15-5-6-16-29)28(35)34(20)19-21-9-11-23(12-10-21)26-17-24(22-7-3-2-4-8-22)13-14-25(26)27-18-30-33-32-27/h2-4,7-14,17-18H,5-6,15-16,19H2,1H3,(H,30,32,33). The van der Waals surface area contributed by atoms with Crippen LogP contribution in [-0.4, -0.2) is 37.6 Å². The van der Waals surface area contributed by atoms with Gasteiger partial charge < -0.3 is 0 Å². The lowest BCUT2D eigenvalue weighted by Crippen LogP contribution is -2.40. The van der Waals surface area contributed by atoms with E-state index in [0.29, 0.717) is 6.54 Å². The van der Waals surface area contributed by atoms with Gasteiger partial charge in [0.2, 0.25) is 0 Å². The van der Waals surface area contributed by atoms with Crippen molar-refractivity contribution in [2.45, 2.75) is 44.7 Å². The van der Waals surface area contributed by atoms with E-state index >= 15 is 0 Å². The highest BCUT2D eigenvalue weighted by Gasteiger charge is 2.48. The molecule has 1 spiro atoms. The average molecular weight is 462 g/mol. The molecule has 1 amide bonds. The molecular weight excluding hydrogens is 434 g/mol. The van der Waals surface area contributed by atoms with E-state index in [-0.39, 0.29) is 5.91 Å². The number of nitrogens with zero attached hydrogens (tertiary/aromatic N) is 4. The molecule has 1 aliphatic carbocycles. The SMILES string of the molecule is CC1=NC2(CCCC2)C(=O)N1Cc1ccc(-c2cc(-c3ccccc3)ccc2-c2cn[nH]n2)cc1. The largest absolute Gasteiger partial charge is 0.294 e. The number of H-pyrrole nitrogens is 1. The van der Waals surface area contributed by atoms with E-state index < -0.39 is 5.54 Å². The molecule has 0 saturated heterocycles. The lowest BCUT2D eigenvalue weighted by molar-refractivity contribution is -0.131. The van der Waals surface area contributed by atoms with E-state index in [4.69, 9.17) is 4.99 Å². The van der Waals surface area contributed by atoms with Gasteiger partial charge in [-0.15, -0.1) is 0 Å². The van der Waals surface area contributed by atoms with Crippen LogP contribution in [0.4, 0.5) is 0 Å². The van der Waals surface area contributed by atoms with Crippen molar-refractivity contribution in [2.75, 3.05) is 0 Å². The highest BCUT2D eigenvalue weighted by atomic mass is 16.2. The zero-order chi connectivity index (χ0) is 23.8. The molecule has 1 aliphatic heterocycles. The minimum absolute atomic E-state index is 0.167. The highest BCUT2D eigenvalue weighted by molar-refractivity contribution is 6.07. The molecule has 0 atom stereocenters. The molecule has 174 valence electrons. The summed E-state index contributed by atoms with van der Waals surface area (Å²) in [5.74, 6) is 1.00. The van der Waals surface area contributed by atoms with Crippen LogP contribution in [0.5, 0.6) is 0 Å². The molecule has 0 radical (unpaired) electrons. The third-order valence-electron chi connectivity index (χ3n) is 7.26. The quantitative estimate of drug-likeness (QED) is 0.403. The third-order valence-corrected chi connectivity index (χ3v) is 7.26. The summed E-state index contributed by atoms with van der Waals surface area (Å²) in [6, 6.07) is 25.3. The first-order valence-electron chi connectivity index (χ1n) is 12.2. The number of benzene rings is 3. The lowest BCUT2D eigenvalue weighted by Gasteiger charge is -2.22. The summed E-state index contributed by atoms with van der Waals surface area (Å²) in [6.07, 6.45) is 5.67. The molecule has 35 heavy (non-hydrogen) atoms. The number of aliphatic imine (C=N–C) groups is 1. The van der Waals surface area contributed by atoms with Gasteiger partial charge in [0.1, 0.15) is 17.1 Å². The fourth-order valence-electron chi connectivity index (χ4n) is 5.41. The fraction of sp³-hybridized carbons (Fsp3) is 0.241. The van der Waals surface area contributed by atoms with Gasteiger partial charge in [-0.2, -0.15) is 15.4 Å². The van der Waals surface area contributed by atoms with Crippen molar-refractivity contribution in [2.24, 2.45) is 4.99 Å². The summed E-state index contributed by atoms with van der Waals surface area (Å²) in [5, 5.41) is 11.0. The molecule has 1 fully saturated rings. The number of carbonyl (C=O) groups is 1. The zero-order valence-corrected chi connectivity index (χ0v) is 19.7. The smallest absolute Gasteiger partial charge is 0.256 e. The van der Waals surface area contributed by atoms with Crippen LogP contribution in [0, 0.1) is 0 Å². The van der Waals surface area contributed by atoms with E-state index in [1.165, 1.54) is 5.56 Å². The number of carbonyl (C=O) groups excluding carboxylic acids is 1. The van der Waals surface area contributed by atoms with Crippen LogP contribution in [0.2, 0.25) is 0 Å². The van der Waals surface area contributed by atoms with E-state index in [2.05, 4.69) is 82.1 Å². The van der Waals surface area contributed by atoms with Crippen molar-refractivity contribution in [1.82, 2.24) is 20.3 Å². The van der Waals surface area contributed by atoms with Gasteiger partial charge in [0.05, 0.1) is 12.7 Å². The Hall–Kier alpha value is -4.06. The third kappa shape index (κ3) is 3.85. The van der Waals surface area contributed by atoms with Gasteiger partial charge in [0.25, 0.3) is 5.91 Å². The minimum atomic E-state index is -0.492. The van der Waals surface area contributed by atoms with E-state index in [0.717, 1.165) is 65.0 Å². The molecule has 3 aromatic carbocycles. The predicted octanol–water partition coefficient (Wildman–Crippen LogP) is 5.88. The van der Waals surface area contributed by atoms with Gasteiger partial charge in [-0.05, 0) is 53.6 Å². The molecule has 6 nitrogen and oxygen atoms in total. The number of aromatic amines is 1. The first-order valence-corrected chi connectivity index (χ1v) is 12.2. The van der Waals surface area contributed by atoms with Gasteiger partial charge >= 0.3 is 0 Å². The van der Waals surface area contributed by atoms with Gasteiger partial charge in [-0.1, -0.05) is 79.6 Å². The van der Waals surface area contributed by atoms with E-state index in [1.54, 1.807) is 6.20 Å². The van der Waals surface area contributed by atoms with E-state index in [1.807, 2.05) is 17.9 Å². The Bertz CT molecular complexity index is 1390. The van der Waals surface area contributed by atoms with Gasteiger partial charge in [0.15, 0.2) is 0 Å². The minimum Gasteiger partial charge on any atom is -0.294 e. The number of amides is 1. The molecule has 6 heteroatoms. The number of nitrogens with one attached hydrogen (secondary N) is 1. The molecule has 1 N–H and O–H groups in total. The zero-order valence-electron chi connectivity index (χ0n) is 19.7. The summed E-state index contributed by atoms with van der Waals surface area (Å²) >= 11 is 0. The number of aromatic nitrogens is 3. The summed E-state index contributed by atoms with van der Waals surface area (Å²) in [6.45, 7) is 2.51. The molecule has 1 aromatic heterocycles. The van der Waals surface area contributed by atoms with Crippen molar-refractivity contribution in [3.05, 3.63) is 84.6 Å². The van der Waals surface area contributed by atoms with Crippen molar-refractivity contribution >= 4 is 11.7 Å². The van der Waals surface area contributed by atoms with Crippen LogP contribution in [0.3, 0.4) is 0 Å². The maximum Gasteiger partial charge on any atom is 0.256 e. The highest BCUT2D eigenvalue weighted by Crippen LogP contribution is 2.39. The molecule has 2 aliphatic rings. The van der Waals surface area contributed by atoms with Crippen LogP contribution < -0.4 is 0 Å². The summed E-state index contributed by atoms with van der Waals surface area (Å²) in [7, 11) is 0. The second-order valence-electron chi connectivity index (χ2n) is 9.47. The summed E-state index contributed by atoms with van der Waals surface area (Å²) < 4.78 is 0. The Kier molecular flexibility index (Phi) is 5.29. The topological polar surface area (TPSA) is 74.2 Å². The second-order valence-corrected chi connectivity index (χ2v) is 9.47. The Balaban J connectivity index is 1.31. The van der Waals surface area contributed by atoms with E-state index in [9.17, 15) is 4.79 Å². The second kappa shape index (κ2) is 8.62. The molecule has 2 heterocycles. The van der Waals surface area contributed by atoms with Gasteiger partial charge in [-0.25, -0.2) is 0 Å². The average Bonchev–Trinajstić information content (AvgIpc) is 3.64. The summed E-state index contributed by atoms with van der Waals surface area (Å²) in [4.78, 5) is 19.8. The number of hydrogen-bond donors (Lipinski definition) is 1. The Morgan fingerprint density at radius 2 is 1.63 bits per heavy atom. The van der Waals surface area contributed by atoms with Crippen LogP contribution in [0.1, 0.15) is 38.2 Å². The lowest BCUT2D eigenvalue weighted by atomic mass is 9.93. The Labute approximate surface area is 204 Å². The number of rotatable bonds is 5. The van der Waals surface area contributed by atoms with Crippen molar-refractivity contribution in [3.8, 4) is 33.5 Å². The van der Waals surface area contributed by atoms with Crippen molar-refractivity contribution in [1.29, 1.82) is 0 Å². The van der Waals surface area contributed by atoms with Crippen molar-refractivity contribution < 1.29 is 4.79 Å². The van der Waals surface area contributed by atoms with Gasteiger partial charge in [-0.3, -0.25) is 14.7 Å². The molecule has 6 rings (SSSR count). The molecule has 4 aromatic rings. The molecule has 0 bridgehead atoms. The maximum absolute atomic E-state index is 13.2. The number of hydrogen-bond acceptors (Lipinski definition) is 4. The first-order chi connectivity index (χ1) is 17.1. The Morgan fingerprint density at radius 1 is 0.886 bits per heavy atom. The number of amidine groups is 1. The van der Waals surface area contributed by atoms with Crippen molar-refractivity contribution in [3.63, 3.8) is 0 Å². The Morgan fingerprint density at radius 3 is 2.34 bits per heavy atom. The van der Waals surface area contributed by atoms with Crippen LogP contribution in [0.25, 0.3) is 33.5 Å². The predicted molar refractivity (Wildman–Crippen MR) is 138 cm³/mol. The maximum atomic E-state index is 13.2. The van der Waals surface area contributed by atoms with Crippen LogP contribution >= 0.6 is 0 Å². The van der Waals surface area contributed by atoms with Crippen LogP contribution in [0.15, 0.2) is 84.0 Å². The van der Waals surface area contributed by atoms with Gasteiger partial charge in [0, 0.05) is 5.56 Å². The molecule has 1 saturated carbocycles. The fourth-order valence-corrected chi connectivity index (χ4v) is 5.41.